The molecule has 0 bridgehead atoms. The maximum atomic E-state index is 6.02. The molecular weight excluding hydrogens is 250 g/mol. The third kappa shape index (κ3) is 3.90. The normalized spacial score (nSPS) is 12.9. The Morgan fingerprint density at radius 3 is 2.40 bits per heavy atom. The van der Waals surface area contributed by atoms with E-state index in [0.717, 1.165) is 5.82 Å². The number of aromatic nitrogens is 2. The molecule has 108 valence electrons. The van der Waals surface area contributed by atoms with Crippen molar-refractivity contribution in [1.82, 2.24) is 10.1 Å². The predicted octanol–water partition coefficient (Wildman–Crippen LogP) is 2.80. The van der Waals surface area contributed by atoms with Gasteiger partial charge in [0.2, 0.25) is 5.89 Å². The van der Waals surface area contributed by atoms with Gasteiger partial charge in [0.15, 0.2) is 5.82 Å². The molecule has 1 aromatic carbocycles. The minimum absolute atomic E-state index is 0.0597. The molecule has 0 aliphatic carbocycles. The quantitative estimate of drug-likeness (QED) is 0.909. The first-order valence-electron chi connectivity index (χ1n) is 7.08. The summed E-state index contributed by atoms with van der Waals surface area (Å²) in [6.45, 7) is 8.38. The maximum Gasteiger partial charge on any atom is 0.228 e. The average Bonchev–Trinajstić information content (AvgIpc) is 2.74. The number of rotatable bonds is 5. The van der Waals surface area contributed by atoms with Crippen LogP contribution < -0.4 is 5.73 Å². The molecule has 4 heteroatoms. The maximum absolute atomic E-state index is 6.02. The molecule has 0 radical (unpaired) electrons. The lowest BCUT2D eigenvalue weighted by Gasteiger charge is -2.11. The lowest BCUT2D eigenvalue weighted by molar-refractivity contribution is 0.350. The highest BCUT2D eigenvalue weighted by molar-refractivity contribution is 5.30. The minimum Gasteiger partial charge on any atom is -0.339 e. The first-order chi connectivity index (χ1) is 9.44. The van der Waals surface area contributed by atoms with Gasteiger partial charge in [-0.25, -0.2) is 0 Å². The van der Waals surface area contributed by atoms with Gasteiger partial charge in [-0.2, -0.15) is 4.98 Å². The third-order valence-electron chi connectivity index (χ3n) is 3.42. The van der Waals surface area contributed by atoms with Gasteiger partial charge in [-0.15, -0.1) is 0 Å². The Bertz CT molecular complexity index is 555. The summed E-state index contributed by atoms with van der Waals surface area (Å²) >= 11 is 0. The Balaban J connectivity index is 2.05. The van der Waals surface area contributed by atoms with Gasteiger partial charge in [0.1, 0.15) is 0 Å². The molecule has 1 unspecified atom stereocenters. The Morgan fingerprint density at radius 2 is 1.80 bits per heavy atom. The molecule has 1 heterocycles. The van der Waals surface area contributed by atoms with Crippen LogP contribution in [-0.4, -0.2) is 16.2 Å². The van der Waals surface area contributed by atoms with E-state index in [1.165, 1.54) is 16.7 Å². The van der Waals surface area contributed by atoms with Crippen molar-refractivity contribution in [3.63, 3.8) is 0 Å². The summed E-state index contributed by atoms with van der Waals surface area (Å²) in [5.74, 6) is 1.76. The molecular formula is C16H23N3O. The predicted molar refractivity (Wildman–Crippen MR) is 79.5 cm³/mol. The van der Waals surface area contributed by atoms with E-state index in [1.54, 1.807) is 0 Å². The second-order valence-corrected chi connectivity index (χ2v) is 5.89. The Kier molecular flexibility index (Phi) is 4.55. The van der Waals surface area contributed by atoms with Crippen LogP contribution in [0, 0.1) is 19.8 Å². The fraction of sp³-hybridized carbons (Fsp3) is 0.500. The average molecular weight is 273 g/mol. The van der Waals surface area contributed by atoms with E-state index in [-0.39, 0.29) is 6.04 Å². The first kappa shape index (κ1) is 14.7. The van der Waals surface area contributed by atoms with Crippen LogP contribution in [0.5, 0.6) is 0 Å². The second kappa shape index (κ2) is 6.18. The lowest BCUT2D eigenvalue weighted by atomic mass is 10.0. The molecule has 0 fully saturated rings. The summed E-state index contributed by atoms with van der Waals surface area (Å²) in [5.41, 5.74) is 9.74. The van der Waals surface area contributed by atoms with Crippen molar-refractivity contribution in [1.29, 1.82) is 0 Å². The highest BCUT2D eigenvalue weighted by Gasteiger charge is 2.14. The molecule has 0 aliphatic heterocycles. The summed E-state index contributed by atoms with van der Waals surface area (Å²) in [4.78, 5) is 4.43. The smallest absolute Gasteiger partial charge is 0.228 e. The molecule has 2 N–H and O–H groups in total. The molecule has 20 heavy (non-hydrogen) atoms. The number of nitrogens with zero attached hydrogens (tertiary/aromatic N) is 2. The second-order valence-electron chi connectivity index (χ2n) is 5.89. The van der Waals surface area contributed by atoms with Crippen molar-refractivity contribution in [3.05, 3.63) is 46.6 Å². The first-order valence-corrected chi connectivity index (χ1v) is 7.08. The third-order valence-corrected chi connectivity index (χ3v) is 3.42. The fourth-order valence-electron chi connectivity index (χ4n) is 2.24. The fourth-order valence-corrected chi connectivity index (χ4v) is 2.24. The molecule has 1 atom stereocenters. The molecule has 2 aromatic rings. The summed E-state index contributed by atoms with van der Waals surface area (Å²) < 4.78 is 5.28. The van der Waals surface area contributed by atoms with E-state index >= 15 is 0 Å². The molecule has 0 saturated carbocycles. The van der Waals surface area contributed by atoms with Gasteiger partial charge in [0, 0.05) is 18.9 Å². The van der Waals surface area contributed by atoms with Crippen molar-refractivity contribution in [2.75, 3.05) is 0 Å². The molecule has 1 aromatic heterocycles. The zero-order valence-corrected chi connectivity index (χ0v) is 12.7. The molecule has 4 nitrogen and oxygen atoms in total. The van der Waals surface area contributed by atoms with Gasteiger partial charge in [-0.1, -0.05) is 48.3 Å². The van der Waals surface area contributed by atoms with Crippen LogP contribution in [0.2, 0.25) is 0 Å². The Hall–Kier alpha value is -1.68. The van der Waals surface area contributed by atoms with Crippen molar-refractivity contribution >= 4 is 0 Å². The van der Waals surface area contributed by atoms with Gasteiger partial charge in [-0.05, 0) is 25.3 Å². The number of aryl methyl sites for hydroxylation is 2. The minimum atomic E-state index is 0.0597. The molecule has 0 saturated heterocycles. The SMILES string of the molecule is Cc1cc(C)cc(Cc2noc(CC(N)C(C)C)n2)c1. The zero-order valence-electron chi connectivity index (χ0n) is 12.7. The molecule has 0 aliphatic rings. The zero-order chi connectivity index (χ0) is 14.7. The van der Waals surface area contributed by atoms with Gasteiger partial charge < -0.3 is 10.3 Å². The van der Waals surface area contributed by atoms with Crippen LogP contribution in [0.3, 0.4) is 0 Å². The van der Waals surface area contributed by atoms with Crippen LogP contribution in [0.25, 0.3) is 0 Å². The van der Waals surface area contributed by atoms with E-state index in [0.29, 0.717) is 24.7 Å². The van der Waals surface area contributed by atoms with Gasteiger partial charge in [-0.3, -0.25) is 0 Å². The largest absolute Gasteiger partial charge is 0.339 e. The number of nitrogens with two attached hydrogens (primary N) is 1. The molecule has 2 rings (SSSR count). The monoisotopic (exact) mass is 273 g/mol. The standard InChI is InChI=1S/C16H23N3O/c1-10(2)14(17)9-16-18-15(19-20-16)8-13-6-11(3)5-12(4)7-13/h5-7,10,14H,8-9,17H2,1-4H3. The van der Waals surface area contributed by atoms with Crippen molar-refractivity contribution in [2.24, 2.45) is 11.7 Å². The van der Waals surface area contributed by atoms with E-state index in [2.05, 4.69) is 56.0 Å². The van der Waals surface area contributed by atoms with Crippen LogP contribution in [0.1, 0.15) is 42.3 Å². The van der Waals surface area contributed by atoms with Crippen molar-refractivity contribution in [3.8, 4) is 0 Å². The van der Waals surface area contributed by atoms with E-state index in [1.807, 2.05) is 0 Å². The van der Waals surface area contributed by atoms with Gasteiger partial charge in [0.25, 0.3) is 0 Å². The van der Waals surface area contributed by atoms with E-state index in [4.69, 9.17) is 10.3 Å². The summed E-state index contributed by atoms with van der Waals surface area (Å²) in [6, 6.07) is 6.53. The van der Waals surface area contributed by atoms with E-state index < -0.39 is 0 Å². The Labute approximate surface area is 120 Å². The molecule has 0 spiro atoms. The van der Waals surface area contributed by atoms with Crippen LogP contribution >= 0.6 is 0 Å². The Morgan fingerprint density at radius 1 is 1.15 bits per heavy atom. The van der Waals surface area contributed by atoms with Crippen molar-refractivity contribution in [2.45, 2.75) is 46.6 Å². The topological polar surface area (TPSA) is 64.9 Å². The summed E-state index contributed by atoms with van der Waals surface area (Å²) in [7, 11) is 0. The van der Waals surface area contributed by atoms with Gasteiger partial charge in [0.05, 0.1) is 0 Å². The summed E-state index contributed by atoms with van der Waals surface area (Å²) in [6.07, 6.45) is 1.33. The van der Waals surface area contributed by atoms with Crippen LogP contribution in [-0.2, 0) is 12.8 Å². The van der Waals surface area contributed by atoms with Gasteiger partial charge >= 0.3 is 0 Å². The van der Waals surface area contributed by atoms with Crippen LogP contribution in [0.15, 0.2) is 22.7 Å². The number of benzene rings is 1. The van der Waals surface area contributed by atoms with E-state index in [9.17, 15) is 0 Å². The highest BCUT2D eigenvalue weighted by Crippen LogP contribution is 2.13. The van der Waals surface area contributed by atoms with Crippen molar-refractivity contribution < 1.29 is 4.52 Å². The molecule has 0 amide bonds. The number of hydrogen-bond donors (Lipinski definition) is 1. The summed E-state index contributed by atoms with van der Waals surface area (Å²) in [5, 5.41) is 4.04. The highest BCUT2D eigenvalue weighted by atomic mass is 16.5. The van der Waals surface area contributed by atoms with Crippen LogP contribution in [0.4, 0.5) is 0 Å². The number of hydrogen-bond acceptors (Lipinski definition) is 4. The lowest BCUT2D eigenvalue weighted by Crippen LogP contribution is -2.28.